The average molecular weight is 235 g/mol. The van der Waals surface area contributed by atoms with E-state index >= 15 is 0 Å². The second-order valence-electron chi connectivity index (χ2n) is 3.65. The topological polar surface area (TPSA) is 43.1 Å². The summed E-state index contributed by atoms with van der Waals surface area (Å²) in [4.78, 5) is 0. The van der Waals surface area contributed by atoms with Crippen LogP contribution >= 0.6 is 0 Å². The first kappa shape index (κ1) is 11.1. The first-order valence-corrected chi connectivity index (χ1v) is 6.54. The summed E-state index contributed by atoms with van der Waals surface area (Å²) in [6.07, 6.45) is 0. The third kappa shape index (κ3) is 3.03. The second kappa shape index (κ2) is 5.07. The van der Waals surface area contributed by atoms with Crippen LogP contribution in [0.4, 0.5) is 0 Å². The number of rotatable bonds is 4. The van der Waals surface area contributed by atoms with Crippen LogP contribution in [0.5, 0.6) is 0 Å². The molecule has 4 heteroatoms. The molecule has 0 spiro atoms. The van der Waals surface area contributed by atoms with Crippen LogP contribution in [-0.2, 0) is 22.3 Å². The van der Waals surface area contributed by atoms with Crippen molar-refractivity contribution in [2.45, 2.75) is 18.4 Å². The zero-order valence-corrected chi connectivity index (χ0v) is 9.87. The smallest absolute Gasteiger partial charge is 0.149 e. The van der Waals surface area contributed by atoms with Gasteiger partial charge in [-0.1, -0.05) is 35.5 Å². The van der Waals surface area contributed by atoms with E-state index < -0.39 is 10.8 Å². The largest absolute Gasteiger partial charge is 0.360 e. The van der Waals surface area contributed by atoms with E-state index in [1.54, 1.807) is 0 Å². The van der Waals surface area contributed by atoms with Gasteiger partial charge in [0.05, 0.1) is 11.4 Å². The normalized spacial score (nSPS) is 12.6. The van der Waals surface area contributed by atoms with Crippen molar-refractivity contribution in [3.63, 3.8) is 0 Å². The third-order valence-electron chi connectivity index (χ3n) is 2.15. The fourth-order valence-corrected chi connectivity index (χ4v) is 2.57. The summed E-state index contributed by atoms with van der Waals surface area (Å²) in [7, 11) is -0.942. The molecule has 0 aliphatic heterocycles. The molecule has 84 valence electrons. The molecule has 1 aromatic heterocycles. The zero-order chi connectivity index (χ0) is 11.4. The van der Waals surface area contributed by atoms with Gasteiger partial charge in [-0.25, -0.2) is 0 Å². The van der Waals surface area contributed by atoms with Gasteiger partial charge in [0.25, 0.3) is 0 Å². The third-order valence-corrected chi connectivity index (χ3v) is 3.41. The Morgan fingerprint density at radius 2 is 2.00 bits per heavy atom. The highest BCUT2D eigenvalue weighted by Gasteiger charge is 2.07. The molecule has 0 aliphatic rings. The van der Waals surface area contributed by atoms with Crippen LogP contribution in [0, 0.1) is 6.92 Å². The van der Waals surface area contributed by atoms with E-state index in [4.69, 9.17) is 4.52 Å². The minimum atomic E-state index is -0.942. The summed E-state index contributed by atoms with van der Waals surface area (Å²) in [6.45, 7) is 1.85. The highest BCUT2D eigenvalue weighted by atomic mass is 32.2. The Balaban J connectivity index is 1.95. The summed E-state index contributed by atoms with van der Waals surface area (Å²) < 4.78 is 16.8. The molecule has 1 aromatic carbocycles. The fraction of sp³-hybridized carbons (Fsp3) is 0.250. The Kier molecular flexibility index (Phi) is 3.51. The number of benzene rings is 1. The quantitative estimate of drug-likeness (QED) is 0.817. The van der Waals surface area contributed by atoms with Gasteiger partial charge >= 0.3 is 0 Å². The predicted octanol–water partition coefficient (Wildman–Crippen LogP) is 2.43. The van der Waals surface area contributed by atoms with Gasteiger partial charge in [0, 0.05) is 22.6 Å². The van der Waals surface area contributed by atoms with Crippen LogP contribution in [0.1, 0.15) is 17.0 Å². The van der Waals surface area contributed by atoms with Crippen molar-refractivity contribution in [2.75, 3.05) is 0 Å². The number of hydrogen-bond donors (Lipinski definition) is 0. The lowest BCUT2D eigenvalue weighted by Gasteiger charge is -1.99. The lowest BCUT2D eigenvalue weighted by atomic mass is 10.2. The van der Waals surface area contributed by atoms with Crippen LogP contribution in [0.15, 0.2) is 40.9 Å². The van der Waals surface area contributed by atoms with Crippen LogP contribution < -0.4 is 0 Å². The number of aromatic nitrogens is 1. The van der Waals surface area contributed by atoms with Gasteiger partial charge < -0.3 is 4.52 Å². The summed E-state index contributed by atoms with van der Waals surface area (Å²) in [5.41, 5.74) is 1.91. The lowest BCUT2D eigenvalue weighted by molar-refractivity contribution is 0.390. The van der Waals surface area contributed by atoms with Crippen molar-refractivity contribution in [2.24, 2.45) is 0 Å². The molecule has 0 bridgehead atoms. The molecular formula is C12H13NO2S. The van der Waals surface area contributed by atoms with Gasteiger partial charge in [-0.05, 0) is 12.5 Å². The molecule has 1 atom stereocenters. The number of aryl methyl sites for hydroxylation is 1. The Labute approximate surface area is 96.9 Å². The monoisotopic (exact) mass is 235 g/mol. The van der Waals surface area contributed by atoms with Gasteiger partial charge in [-0.2, -0.15) is 0 Å². The first-order chi connectivity index (χ1) is 7.74. The average Bonchev–Trinajstić information content (AvgIpc) is 2.65. The van der Waals surface area contributed by atoms with Gasteiger partial charge in [0.1, 0.15) is 5.76 Å². The summed E-state index contributed by atoms with van der Waals surface area (Å²) in [5.74, 6) is 1.67. The maximum absolute atomic E-state index is 11.8. The molecule has 0 radical (unpaired) electrons. The van der Waals surface area contributed by atoms with Gasteiger partial charge in [0.2, 0.25) is 0 Å². The Morgan fingerprint density at radius 1 is 1.25 bits per heavy atom. The highest BCUT2D eigenvalue weighted by molar-refractivity contribution is 7.83. The molecule has 0 N–H and O–H groups in total. The van der Waals surface area contributed by atoms with Crippen molar-refractivity contribution in [3.05, 3.63) is 53.4 Å². The van der Waals surface area contributed by atoms with E-state index in [0.717, 1.165) is 11.3 Å². The molecule has 0 amide bonds. The van der Waals surface area contributed by atoms with E-state index in [-0.39, 0.29) is 0 Å². The first-order valence-electron chi connectivity index (χ1n) is 5.05. The molecule has 0 saturated carbocycles. The van der Waals surface area contributed by atoms with E-state index in [1.807, 2.05) is 43.3 Å². The lowest BCUT2D eigenvalue weighted by Crippen LogP contribution is -1.98. The van der Waals surface area contributed by atoms with Gasteiger partial charge in [-0.3, -0.25) is 4.21 Å². The second-order valence-corrected chi connectivity index (χ2v) is 5.11. The number of hydrogen-bond acceptors (Lipinski definition) is 3. The summed E-state index contributed by atoms with van der Waals surface area (Å²) >= 11 is 0. The van der Waals surface area contributed by atoms with Crippen molar-refractivity contribution in [1.82, 2.24) is 5.16 Å². The Morgan fingerprint density at radius 3 is 2.62 bits per heavy atom. The molecule has 3 nitrogen and oxygen atoms in total. The summed E-state index contributed by atoms with van der Waals surface area (Å²) in [6, 6.07) is 11.6. The molecule has 2 rings (SSSR count). The Hall–Kier alpha value is -1.42. The number of nitrogens with zero attached hydrogens (tertiary/aromatic N) is 1. The van der Waals surface area contributed by atoms with E-state index in [9.17, 15) is 4.21 Å². The molecule has 1 unspecified atom stereocenters. The summed E-state index contributed by atoms with van der Waals surface area (Å²) in [5, 5.41) is 3.77. The van der Waals surface area contributed by atoms with Crippen molar-refractivity contribution < 1.29 is 8.73 Å². The molecule has 2 aromatic rings. The van der Waals surface area contributed by atoms with E-state index in [1.165, 1.54) is 0 Å². The van der Waals surface area contributed by atoms with Crippen molar-refractivity contribution in [3.8, 4) is 0 Å². The predicted molar refractivity (Wildman–Crippen MR) is 63.2 cm³/mol. The minimum Gasteiger partial charge on any atom is -0.360 e. The molecule has 0 aliphatic carbocycles. The van der Waals surface area contributed by atoms with Crippen LogP contribution in [0.25, 0.3) is 0 Å². The van der Waals surface area contributed by atoms with Crippen LogP contribution in [0.2, 0.25) is 0 Å². The minimum absolute atomic E-state index is 0.426. The van der Waals surface area contributed by atoms with E-state index in [2.05, 4.69) is 5.16 Å². The maximum Gasteiger partial charge on any atom is 0.149 e. The highest BCUT2D eigenvalue weighted by Crippen LogP contribution is 2.09. The Bertz CT molecular complexity index is 479. The van der Waals surface area contributed by atoms with Crippen molar-refractivity contribution in [1.29, 1.82) is 0 Å². The van der Waals surface area contributed by atoms with Gasteiger partial charge in [0.15, 0.2) is 0 Å². The fourth-order valence-electron chi connectivity index (χ4n) is 1.45. The molecule has 0 fully saturated rings. The molecule has 0 saturated heterocycles. The zero-order valence-electron chi connectivity index (χ0n) is 9.05. The maximum atomic E-state index is 11.8. The van der Waals surface area contributed by atoms with Crippen molar-refractivity contribution >= 4 is 10.8 Å². The van der Waals surface area contributed by atoms with Crippen LogP contribution in [-0.4, -0.2) is 9.37 Å². The standard InChI is InChI=1S/C12H13NO2S/c1-10-7-12(15-13-10)9-16(14)8-11-5-3-2-4-6-11/h2-7H,8-9H2,1H3. The molecular weight excluding hydrogens is 222 g/mol. The SMILES string of the molecule is Cc1cc(CS(=O)Cc2ccccc2)on1. The molecule has 1 heterocycles. The van der Waals surface area contributed by atoms with Crippen LogP contribution in [0.3, 0.4) is 0 Å². The molecule has 16 heavy (non-hydrogen) atoms. The van der Waals surface area contributed by atoms with Gasteiger partial charge in [-0.15, -0.1) is 0 Å². The van der Waals surface area contributed by atoms with E-state index in [0.29, 0.717) is 17.3 Å².